The van der Waals surface area contributed by atoms with Gasteiger partial charge in [-0.25, -0.2) is 4.39 Å². The van der Waals surface area contributed by atoms with Crippen molar-refractivity contribution < 1.29 is 4.39 Å². The summed E-state index contributed by atoms with van der Waals surface area (Å²) in [7, 11) is 0. The van der Waals surface area contributed by atoms with Crippen LogP contribution in [0, 0.1) is 12.7 Å². The van der Waals surface area contributed by atoms with E-state index in [1.165, 1.54) is 35.9 Å². The lowest BCUT2D eigenvalue weighted by Gasteiger charge is -2.31. The van der Waals surface area contributed by atoms with Crippen LogP contribution in [0.1, 0.15) is 24.3 Å². The van der Waals surface area contributed by atoms with Crippen LogP contribution >= 0.6 is 11.6 Å². The summed E-state index contributed by atoms with van der Waals surface area (Å²) in [4.78, 5) is 2.40. The van der Waals surface area contributed by atoms with Crippen molar-refractivity contribution in [2.75, 3.05) is 19.6 Å². The van der Waals surface area contributed by atoms with Gasteiger partial charge >= 0.3 is 0 Å². The summed E-state index contributed by atoms with van der Waals surface area (Å²) in [5.41, 5.74) is 3.39. The molecule has 0 amide bonds. The molecule has 1 atom stereocenters. The van der Waals surface area contributed by atoms with Crippen LogP contribution in [0.25, 0.3) is 16.6 Å². The normalized spacial score (nSPS) is 18.8. The van der Waals surface area contributed by atoms with E-state index in [-0.39, 0.29) is 5.82 Å². The molecule has 1 saturated heterocycles. The van der Waals surface area contributed by atoms with E-state index in [4.69, 9.17) is 11.6 Å². The highest BCUT2D eigenvalue weighted by Gasteiger charge is 2.24. The van der Waals surface area contributed by atoms with Crippen molar-refractivity contribution in [1.29, 1.82) is 0 Å². The topological polar surface area (TPSA) is 8.17 Å². The molecule has 25 heavy (non-hydrogen) atoms. The molecule has 2 aromatic carbocycles. The highest BCUT2D eigenvalue weighted by atomic mass is 35.5. The first-order valence-electron chi connectivity index (χ1n) is 8.74. The van der Waals surface area contributed by atoms with Crippen molar-refractivity contribution in [2.45, 2.75) is 18.8 Å². The maximum atomic E-state index is 13.3. The fourth-order valence-electron chi connectivity index (χ4n) is 3.88. The molecule has 1 fully saturated rings. The number of nitrogens with zero attached hydrogens (tertiary/aromatic N) is 2. The molecule has 1 aliphatic rings. The van der Waals surface area contributed by atoms with Gasteiger partial charge in [-0.05, 0) is 86.8 Å². The van der Waals surface area contributed by atoms with Gasteiger partial charge in [0.25, 0.3) is 0 Å². The lowest BCUT2D eigenvalue weighted by Crippen LogP contribution is -2.34. The maximum absolute atomic E-state index is 13.3. The molecule has 3 aromatic rings. The van der Waals surface area contributed by atoms with Crippen LogP contribution < -0.4 is 0 Å². The Bertz CT molecular complexity index is 885. The van der Waals surface area contributed by atoms with Crippen molar-refractivity contribution in [3.05, 3.63) is 72.0 Å². The predicted molar refractivity (Wildman–Crippen MR) is 102 cm³/mol. The Morgan fingerprint density at radius 3 is 2.72 bits per heavy atom. The summed E-state index contributed by atoms with van der Waals surface area (Å²) in [6.07, 6.45) is 4.56. The molecule has 0 saturated carbocycles. The van der Waals surface area contributed by atoms with Gasteiger partial charge in [-0.2, -0.15) is 0 Å². The summed E-state index contributed by atoms with van der Waals surface area (Å²) < 4.78 is 15.5. The van der Waals surface area contributed by atoms with Gasteiger partial charge < -0.3 is 9.47 Å². The second kappa shape index (κ2) is 6.81. The monoisotopic (exact) mass is 355 g/mol. The van der Waals surface area contributed by atoms with Gasteiger partial charge in [0.05, 0.1) is 5.52 Å². The summed E-state index contributed by atoms with van der Waals surface area (Å²) >= 11 is 6.28. The van der Waals surface area contributed by atoms with Gasteiger partial charge in [-0.15, -0.1) is 0 Å². The highest BCUT2D eigenvalue weighted by Crippen LogP contribution is 2.36. The molecule has 129 valence electrons. The Hall–Kier alpha value is -1.84. The first-order chi connectivity index (χ1) is 12.2. The maximum Gasteiger partial charge on any atom is 0.123 e. The van der Waals surface area contributed by atoms with E-state index in [0.29, 0.717) is 5.92 Å². The molecule has 1 aromatic heterocycles. The minimum atomic E-state index is -0.221. The van der Waals surface area contributed by atoms with Gasteiger partial charge in [0.1, 0.15) is 5.82 Å². The molecule has 2 heterocycles. The largest absolute Gasteiger partial charge is 0.316 e. The Morgan fingerprint density at radius 2 is 1.96 bits per heavy atom. The number of piperidine rings is 1. The average molecular weight is 356 g/mol. The minimum Gasteiger partial charge on any atom is -0.316 e. The third kappa shape index (κ3) is 3.19. The summed E-state index contributed by atoms with van der Waals surface area (Å²) in [6.45, 7) is 7.03. The van der Waals surface area contributed by atoms with Gasteiger partial charge in [0, 0.05) is 28.8 Å². The molecule has 2 nitrogen and oxygen atoms in total. The number of fused-ring (bicyclic) bond motifs is 1. The molecular formula is C21H21ClFN2. The lowest BCUT2D eigenvalue weighted by atomic mass is 9.90. The number of benzene rings is 2. The predicted octanol–water partition coefficient (Wildman–Crippen LogP) is 5.44. The highest BCUT2D eigenvalue weighted by molar-refractivity contribution is 6.31. The third-order valence-corrected chi connectivity index (χ3v) is 5.40. The van der Waals surface area contributed by atoms with E-state index >= 15 is 0 Å². The van der Waals surface area contributed by atoms with Gasteiger partial charge in [0.2, 0.25) is 0 Å². The fraction of sp³-hybridized carbons (Fsp3) is 0.286. The Morgan fingerprint density at radius 1 is 1.16 bits per heavy atom. The molecule has 1 aliphatic heterocycles. The van der Waals surface area contributed by atoms with Crippen LogP contribution in [0.5, 0.6) is 0 Å². The number of halogens is 2. The Balaban J connectivity index is 1.84. The molecule has 1 radical (unpaired) electrons. The minimum absolute atomic E-state index is 0.221. The van der Waals surface area contributed by atoms with Crippen LogP contribution in [-0.4, -0.2) is 29.1 Å². The van der Waals surface area contributed by atoms with Gasteiger partial charge in [0.15, 0.2) is 0 Å². The van der Waals surface area contributed by atoms with Crippen LogP contribution in [-0.2, 0) is 0 Å². The zero-order chi connectivity index (χ0) is 17.4. The molecule has 0 bridgehead atoms. The SMILES string of the molecule is [CH2]CN1CCCC(c2cn(-c3ccc(F)cc3)c3ccc(Cl)cc23)C1. The molecule has 0 aliphatic carbocycles. The molecular weight excluding hydrogens is 335 g/mol. The van der Waals surface area contributed by atoms with Crippen LogP contribution in [0.4, 0.5) is 4.39 Å². The van der Waals surface area contributed by atoms with Crippen LogP contribution in [0.2, 0.25) is 5.02 Å². The van der Waals surface area contributed by atoms with Crippen molar-refractivity contribution in [1.82, 2.24) is 9.47 Å². The first-order valence-corrected chi connectivity index (χ1v) is 9.11. The second-order valence-electron chi connectivity index (χ2n) is 6.73. The number of likely N-dealkylation sites (tertiary alicyclic amines) is 1. The van der Waals surface area contributed by atoms with E-state index in [1.54, 1.807) is 0 Å². The van der Waals surface area contributed by atoms with E-state index in [0.717, 1.165) is 35.9 Å². The van der Waals surface area contributed by atoms with E-state index in [1.807, 2.05) is 24.3 Å². The standard InChI is InChI=1S/C21H21ClFN2/c1-2-24-11-3-4-15(13-24)20-14-25(18-8-6-17(23)7-9-18)21-10-5-16(22)12-19(20)21/h5-10,12,14-15H,1-4,11,13H2. The fourth-order valence-corrected chi connectivity index (χ4v) is 4.05. The molecule has 4 rings (SSSR count). The third-order valence-electron chi connectivity index (χ3n) is 5.16. The molecule has 1 unspecified atom stereocenters. The Labute approximate surface area is 152 Å². The summed E-state index contributed by atoms with van der Waals surface area (Å²) in [6, 6.07) is 12.6. The molecule has 4 heteroatoms. The van der Waals surface area contributed by atoms with Crippen LogP contribution in [0.15, 0.2) is 48.7 Å². The van der Waals surface area contributed by atoms with E-state index in [9.17, 15) is 4.39 Å². The molecule has 0 spiro atoms. The number of hydrogen-bond donors (Lipinski definition) is 0. The van der Waals surface area contributed by atoms with E-state index in [2.05, 4.69) is 28.7 Å². The number of hydrogen-bond acceptors (Lipinski definition) is 1. The molecule has 0 N–H and O–H groups in total. The van der Waals surface area contributed by atoms with Gasteiger partial charge in [-0.3, -0.25) is 0 Å². The smallest absolute Gasteiger partial charge is 0.123 e. The lowest BCUT2D eigenvalue weighted by molar-refractivity contribution is 0.227. The average Bonchev–Trinajstić information content (AvgIpc) is 3.01. The van der Waals surface area contributed by atoms with Crippen molar-refractivity contribution in [3.63, 3.8) is 0 Å². The van der Waals surface area contributed by atoms with Crippen LogP contribution in [0.3, 0.4) is 0 Å². The van der Waals surface area contributed by atoms with Crippen molar-refractivity contribution in [2.24, 2.45) is 0 Å². The first kappa shape index (κ1) is 16.6. The summed E-state index contributed by atoms with van der Waals surface area (Å²) in [5, 5.41) is 1.93. The zero-order valence-corrected chi connectivity index (χ0v) is 14.8. The zero-order valence-electron chi connectivity index (χ0n) is 14.1. The van der Waals surface area contributed by atoms with E-state index < -0.39 is 0 Å². The second-order valence-corrected chi connectivity index (χ2v) is 7.17. The van der Waals surface area contributed by atoms with Crippen molar-refractivity contribution >= 4 is 22.5 Å². The summed E-state index contributed by atoms with van der Waals surface area (Å²) in [5.74, 6) is 0.250. The Kier molecular flexibility index (Phi) is 4.53. The number of rotatable bonds is 3. The van der Waals surface area contributed by atoms with Gasteiger partial charge in [-0.1, -0.05) is 11.6 Å². The quantitative estimate of drug-likeness (QED) is 0.607. The number of aromatic nitrogens is 1. The van der Waals surface area contributed by atoms with Crippen molar-refractivity contribution in [3.8, 4) is 5.69 Å².